The van der Waals surface area contributed by atoms with E-state index in [1.165, 1.54) is 0 Å². The summed E-state index contributed by atoms with van der Waals surface area (Å²) in [5.41, 5.74) is 6.37. The van der Waals surface area contributed by atoms with E-state index in [9.17, 15) is 4.79 Å². The molecule has 0 radical (unpaired) electrons. The van der Waals surface area contributed by atoms with Crippen molar-refractivity contribution in [2.75, 3.05) is 0 Å². The summed E-state index contributed by atoms with van der Waals surface area (Å²) in [6, 6.07) is 9.59. The fraction of sp³-hybridized carbons (Fsp3) is 0.364. The molecule has 0 saturated heterocycles. The van der Waals surface area contributed by atoms with Gasteiger partial charge in [-0.3, -0.25) is 0 Å². The summed E-state index contributed by atoms with van der Waals surface area (Å²) in [5, 5.41) is 0. The SMILES string of the molecule is CC(C)N(Cc1ccccc1)C(N)=O. The number of benzene rings is 1. The molecule has 0 spiro atoms. The molecule has 0 aliphatic carbocycles. The van der Waals surface area contributed by atoms with Crippen LogP contribution < -0.4 is 5.73 Å². The maximum Gasteiger partial charge on any atom is 0.315 e. The Morgan fingerprint density at radius 3 is 2.36 bits per heavy atom. The lowest BCUT2D eigenvalue weighted by Crippen LogP contribution is -2.40. The molecule has 0 heterocycles. The predicted molar refractivity (Wildman–Crippen MR) is 56.7 cm³/mol. The third-order valence-electron chi connectivity index (χ3n) is 2.10. The van der Waals surface area contributed by atoms with Crippen molar-refractivity contribution < 1.29 is 4.79 Å². The van der Waals surface area contributed by atoms with E-state index < -0.39 is 0 Å². The lowest BCUT2D eigenvalue weighted by atomic mass is 10.2. The van der Waals surface area contributed by atoms with E-state index in [0.29, 0.717) is 6.54 Å². The molecular weight excluding hydrogens is 176 g/mol. The lowest BCUT2D eigenvalue weighted by molar-refractivity contribution is 0.189. The van der Waals surface area contributed by atoms with Crippen LogP contribution >= 0.6 is 0 Å². The largest absolute Gasteiger partial charge is 0.351 e. The van der Waals surface area contributed by atoms with Gasteiger partial charge in [0.05, 0.1) is 0 Å². The minimum Gasteiger partial charge on any atom is -0.351 e. The van der Waals surface area contributed by atoms with Gasteiger partial charge in [0.2, 0.25) is 0 Å². The van der Waals surface area contributed by atoms with E-state index in [1.54, 1.807) is 4.90 Å². The fourth-order valence-corrected chi connectivity index (χ4v) is 1.30. The van der Waals surface area contributed by atoms with Crippen LogP contribution in [0.5, 0.6) is 0 Å². The van der Waals surface area contributed by atoms with Crippen LogP contribution in [0.4, 0.5) is 4.79 Å². The van der Waals surface area contributed by atoms with Crippen LogP contribution in [0.15, 0.2) is 30.3 Å². The first-order chi connectivity index (χ1) is 6.61. The quantitative estimate of drug-likeness (QED) is 0.782. The van der Waals surface area contributed by atoms with Crippen molar-refractivity contribution in [2.24, 2.45) is 5.73 Å². The van der Waals surface area contributed by atoms with Crippen molar-refractivity contribution in [2.45, 2.75) is 26.4 Å². The van der Waals surface area contributed by atoms with Crippen molar-refractivity contribution in [3.8, 4) is 0 Å². The molecule has 1 aromatic rings. The Balaban J connectivity index is 2.70. The Bertz CT molecular complexity index is 295. The van der Waals surface area contributed by atoms with E-state index in [4.69, 9.17) is 5.73 Å². The number of carbonyl (C=O) groups excluding carboxylic acids is 1. The van der Waals surface area contributed by atoms with Gasteiger partial charge in [-0.05, 0) is 19.4 Å². The molecule has 0 saturated carbocycles. The number of primary amides is 1. The summed E-state index contributed by atoms with van der Waals surface area (Å²) >= 11 is 0. The Kier molecular flexibility index (Phi) is 3.51. The average molecular weight is 192 g/mol. The third-order valence-corrected chi connectivity index (χ3v) is 2.10. The number of nitrogens with zero attached hydrogens (tertiary/aromatic N) is 1. The molecule has 3 heteroatoms. The van der Waals surface area contributed by atoms with Gasteiger partial charge in [0.15, 0.2) is 0 Å². The topological polar surface area (TPSA) is 46.3 Å². The maximum atomic E-state index is 11.1. The van der Waals surface area contributed by atoms with Crippen LogP contribution in [0.3, 0.4) is 0 Å². The van der Waals surface area contributed by atoms with Crippen LogP contribution in [0, 0.1) is 0 Å². The zero-order valence-electron chi connectivity index (χ0n) is 8.60. The first-order valence-corrected chi connectivity index (χ1v) is 4.71. The molecular formula is C11H16N2O. The fourth-order valence-electron chi connectivity index (χ4n) is 1.30. The number of hydrogen-bond acceptors (Lipinski definition) is 1. The molecule has 0 aliphatic heterocycles. The molecule has 3 nitrogen and oxygen atoms in total. The number of nitrogens with two attached hydrogens (primary N) is 1. The van der Waals surface area contributed by atoms with E-state index in [0.717, 1.165) is 5.56 Å². The Morgan fingerprint density at radius 2 is 1.93 bits per heavy atom. The second-order valence-electron chi connectivity index (χ2n) is 3.55. The molecule has 0 aromatic heterocycles. The van der Waals surface area contributed by atoms with Crippen molar-refractivity contribution in [1.29, 1.82) is 0 Å². The van der Waals surface area contributed by atoms with E-state index in [-0.39, 0.29) is 12.1 Å². The van der Waals surface area contributed by atoms with Gasteiger partial charge in [0.25, 0.3) is 0 Å². The number of carbonyl (C=O) groups is 1. The summed E-state index contributed by atoms with van der Waals surface area (Å²) in [4.78, 5) is 12.7. The average Bonchev–Trinajstić information content (AvgIpc) is 2.15. The molecule has 14 heavy (non-hydrogen) atoms. The third kappa shape index (κ3) is 2.76. The zero-order chi connectivity index (χ0) is 10.6. The van der Waals surface area contributed by atoms with Crippen molar-refractivity contribution in [3.63, 3.8) is 0 Å². The molecule has 0 atom stereocenters. The normalized spacial score (nSPS) is 10.2. The first-order valence-electron chi connectivity index (χ1n) is 4.71. The summed E-state index contributed by atoms with van der Waals surface area (Å²) in [5.74, 6) is 0. The summed E-state index contributed by atoms with van der Waals surface area (Å²) < 4.78 is 0. The highest BCUT2D eigenvalue weighted by Gasteiger charge is 2.13. The molecule has 2 amide bonds. The van der Waals surface area contributed by atoms with Crippen LogP contribution in [-0.2, 0) is 6.54 Å². The van der Waals surface area contributed by atoms with Gasteiger partial charge in [-0.25, -0.2) is 4.79 Å². The Labute approximate surface area is 84.5 Å². The lowest BCUT2D eigenvalue weighted by Gasteiger charge is -2.24. The molecule has 1 rings (SSSR count). The summed E-state index contributed by atoms with van der Waals surface area (Å²) in [6.07, 6.45) is 0. The van der Waals surface area contributed by atoms with Crippen molar-refractivity contribution in [1.82, 2.24) is 4.90 Å². The van der Waals surface area contributed by atoms with Crippen LogP contribution in [0.25, 0.3) is 0 Å². The van der Waals surface area contributed by atoms with Crippen molar-refractivity contribution >= 4 is 6.03 Å². The summed E-state index contributed by atoms with van der Waals surface area (Å²) in [7, 11) is 0. The van der Waals surface area contributed by atoms with Gasteiger partial charge in [-0.1, -0.05) is 30.3 Å². The highest BCUT2D eigenvalue weighted by atomic mass is 16.2. The summed E-state index contributed by atoms with van der Waals surface area (Å²) in [6.45, 7) is 4.48. The molecule has 0 bridgehead atoms. The number of urea groups is 1. The van der Waals surface area contributed by atoms with Gasteiger partial charge < -0.3 is 10.6 Å². The van der Waals surface area contributed by atoms with Crippen molar-refractivity contribution in [3.05, 3.63) is 35.9 Å². The van der Waals surface area contributed by atoms with Gasteiger partial charge in [-0.15, -0.1) is 0 Å². The van der Waals surface area contributed by atoms with Crippen LogP contribution in [0.1, 0.15) is 19.4 Å². The molecule has 0 unspecified atom stereocenters. The number of rotatable bonds is 3. The van der Waals surface area contributed by atoms with Gasteiger partial charge in [0, 0.05) is 12.6 Å². The minimum atomic E-state index is -0.371. The number of hydrogen-bond donors (Lipinski definition) is 1. The smallest absolute Gasteiger partial charge is 0.315 e. The Morgan fingerprint density at radius 1 is 1.36 bits per heavy atom. The second kappa shape index (κ2) is 4.65. The number of amides is 2. The van der Waals surface area contributed by atoms with Gasteiger partial charge >= 0.3 is 6.03 Å². The monoisotopic (exact) mass is 192 g/mol. The minimum absolute atomic E-state index is 0.132. The van der Waals surface area contributed by atoms with Gasteiger partial charge in [-0.2, -0.15) is 0 Å². The zero-order valence-corrected chi connectivity index (χ0v) is 8.60. The van der Waals surface area contributed by atoms with Crippen LogP contribution in [-0.4, -0.2) is 17.0 Å². The van der Waals surface area contributed by atoms with Gasteiger partial charge in [0.1, 0.15) is 0 Å². The molecule has 0 fully saturated rings. The predicted octanol–water partition coefficient (Wildman–Crippen LogP) is 1.98. The Hall–Kier alpha value is -1.51. The standard InChI is InChI=1S/C11H16N2O/c1-9(2)13(11(12)14)8-10-6-4-3-5-7-10/h3-7,9H,8H2,1-2H3,(H2,12,14). The van der Waals surface area contributed by atoms with E-state index >= 15 is 0 Å². The molecule has 1 aromatic carbocycles. The van der Waals surface area contributed by atoms with Crippen LogP contribution in [0.2, 0.25) is 0 Å². The molecule has 2 N–H and O–H groups in total. The van der Waals surface area contributed by atoms with E-state index in [2.05, 4.69) is 0 Å². The van der Waals surface area contributed by atoms with E-state index in [1.807, 2.05) is 44.2 Å². The second-order valence-corrected chi connectivity index (χ2v) is 3.55. The first kappa shape index (κ1) is 10.6. The highest BCUT2D eigenvalue weighted by molar-refractivity contribution is 5.72. The molecule has 76 valence electrons. The highest BCUT2D eigenvalue weighted by Crippen LogP contribution is 2.07. The molecule has 0 aliphatic rings. The maximum absolute atomic E-state index is 11.1.